The number of hydrogen-bond donors (Lipinski definition) is 0. The van der Waals surface area contributed by atoms with Gasteiger partial charge in [0.2, 0.25) is 0 Å². The Morgan fingerprint density at radius 3 is 2.25 bits per heavy atom. The molecule has 4 nitrogen and oxygen atoms in total. The molecule has 0 amide bonds. The fraction of sp³-hybridized carbons (Fsp3) is 0.478. The minimum Gasteiger partial charge on any atom is -0.495 e. The van der Waals surface area contributed by atoms with Crippen LogP contribution in [-0.4, -0.2) is 62.2 Å². The predicted molar refractivity (Wildman–Crippen MR) is 119 cm³/mol. The van der Waals surface area contributed by atoms with E-state index in [0.29, 0.717) is 0 Å². The van der Waals surface area contributed by atoms with Crippen LogP contribution in [0, 0.1) is 0 Å². The maximum atomic E-state index is 5.55. The van der Waals surface area contributed by atoms with Crippen molar-refractivity contribution < 1.29 is 4.74 Å². The molecule has 0 saturated carbocycles. The largest absolute Gasteiger partial charge is 0.495 e. The molecule has 2 aliphatic heterocycles. The van der Waals surface area contributed by atoms with Crippen molar-refractivity contribution in [1.29, 1.82) is 0 Å². The first-order chi connectivity index (χ1) is 13.7. The van der Waals surface area contributed by atoms with Crippen LogP contribution in [0.5, 0.6) is 5.75 Å². The Morgan fingerprint density at radius 2 is 1.57 bits per heavy atom. The third-order valence-corrected chi connectivity index (χ3v) is 6.66. The second kappa shape index (κ2) is 9.29. The highest BCUT2D eigenvalue weighted by Gasteiger charge is 2.28. The molecule has 2 aromatic carbocycles. The summed E-state index contributed by atoms with van der Waals surface area (Å²) in [5, 5.41) is 0. The van der Waals surface area contributed by atoms with Gasteiger partial charge in [0.1, 0.15) is 5.75 Å². The number of halogens is 1. The molecule has 2 aliphatic rings. The van der Waals surface area contributed by atoms with Crippen LogP contribution in [-0.2, 0) is 6.54 Å². The SMILES string of the molecule is COc1ccccc1N1CCN(C2CCN(Cc3ccc(Br)cc3)CC2)CC1. The molecule has 0 aromatic heterocycles. The number of piperazine rings is 1. The van der Waals surface area contributed by atoms with Crippen molar-refractivity contribution in [3.05, 3.63) is 58.6 Å². The summed E-state index contributed by atoms with van der Waals surface area (Å²) < 4.78 is 6.70. The molecule has 2 fully saturated rings. The Kier molecular flexibility index (Phi) is 6.55. The van der Waals surface area contributed by atoms with Gasteiger partial charge >= 0.3 is 0 Å². The zero-order valence-corrected chi connectivity index (χ0v) is 18.3. The Bertz CT molecular complexity index is 751. The number of nitrogens with zero attached hydrogens (tertiary/aromatic N) is 3. The summed E-state index contributed by atoms with van der Waals surface area (Å²) >= 11 is 3.52. The average Bonchev–Trinajstić information content (AvgIpc) is 2.76. The summed E-state index contributed by atoms with van der Waals surface area (Å²) in [7, 11) is 1.76. The van der Waals surface area contributed by atoms with Gasteiger partial charge in [-0.2, -0.15) is 0 Å². The summed E-state index contributed by atoms with van der Waals surface area (Å²) in [5.41, 5.74) is 2.64. The molecule has 0 aliphatic carbocycles. The second-order valence-electron chi connectivity index (χ2n) is 7.83. The highest BCUT2D eigenvalue weighted by molar-refractivity contribution is 9.10. The summed E-state index contributed by atoms with van der Waals surface area (Å²) in [6.45, 7) is 7.94. The lowest BCUT2D eigenvalue weighted by molar-refractivity contribution is 0.0997. The van der Waals surface area contributed by atoms with Crippen LogP contribution in [0.15, 0.2) is 53.0 Å². The number of benzene rings is 2. The van der Waals surface area contributed by atoms with E-state index >= 15 is 0 Å². The molecule has 4 rings (SSSR count). The Balaban J connectivity index is 1.25. The molecular formula is C23H30BrN3O. The van der Waals surface area contributed by atoms with Crippen molar-refractivity contribution in [1.82, 2.24) is 9.80 Å². The maximum absolute atomic E-state index is 5.55. The lowest BCUT2D eigenvalue weighted by Crippen LogP contribution is -2.53. The van der Waals surface area contributed by atoms with Gasteiger partial charge in [-0.3, -0.25) is 9.80 Å². The number of piperidine rings is 1. The van der Waals surface area contributed by atoms with E-state index in [4.69, 9.17) is 4.74 Å². The number of methoxy groups -OCH3 is 1. The van der Waals surface area contributed by atoms with Crippen LogP contribution < -0.4 is 9.64 Å². The number of ether oxygens (including phenoxy) is 1. The van der Waals surface area contributed by atoms with E-state index in [0.717, 1.165) is 49.0 Å². The zero-order valence-electron chi connectivity index (χ0n) is 16.7. The van der Waals surface area contributed by atoms with Crippen LogP contribution in [0.1, 0.15) is 18.4 Å². The quantitative estimate of drug-likeness (QED) is 0.687. The van der Waals surface area contributed by atoms with Crippen LogP contribution >= 0.6 is 15.9 Å². The molecule has 0 bridgehead atoms. The predicted octanol–water partition coefficient (Wildman–Crippen LogP) is 4.24. The fourth-order valence-corrected chi connectivity index (χ4v) is 4.77. The van der Waals surface area contributed by atoms with Crippen molar-refractivity contribution in [3.63, 3.8) is 0 Å². The van der Waals surface area contributed by atoms with E-state index in [2.05, 4.69) is 73.1 Å². The smallest absolute Gasteiger partial charge is 0.142 e. The lowest BCUT2D eigenvalue weighted by atomic mass is 10.0. The first-order valence-corrected chi connectivity index (χ1v) is 11.1. The van der Waals surface area contributed by atoms with Gasteiger partial charge in [-0.15, -0.1) is 0 Å². The molecule has 5 heteroatoms. The van der Waals surface area contributed by atoms with E-state index in [1.807, 2.05) is 6.07 Å². The van der Waals surface area contributed by atoms with Gasteiger partial charge in [-0.05, 0) is 55.8 Å². The molecule has 2 aromatic rings. The van der Waals surface area contributed by atoms with Crippen LogP contribution in [0.4, 0.5) is 5.69 Å². The molecule has 2 saturated heterocycles. The molecule has 0 atom stereocenters. The van der Waals surface area contributed by atoms with Crippen molar-refractivity contribution in [3.8, 4) is 5.75 Å². The number of rotatable bonds is 5. The third kappa shape index (κ3) is 4.70. The van der Waals surface area contributed by atoms with Crippen molar-refractivity contribution in [2.75, 3.05) is 51.3 Å². The molecule has 0 N–H and O–H groups in total. The summed E-state index contributed by atoms with van der Waals surface area (Å²) in [6.07, 6.45) is 2.57. The van der Waals surface area contributed by atoms with Gasteiger partial charge in [-0.1, -0.05) is 40.2 Å². The van der Waals surface area contributed by atoms with Crippen LogP contribution in [0.2, 0.25) is 0 Å². The standard InChI is InChI=1S/C23H30BrN3O/c1-28-23-5-3-2-4-22(23)27-16-14-26(15-17-27)21-10-12-25(13-11-21)18-19-6-8-20(24)9-7-19/h2-9,21H,10-18H2,1H3. The summed E-state index contributed by atoms with van der Waals surface area (Å²) in [4.78, 5) is 7.78. The van der Waals surface area contributed by atoms with Gasteiger partial charge < -0.3 is 9.64 Å². The van der Waals surface area contributed by atoms with Crippen molar-refractivity contribution in [2.45, 2.75) is 25.4 Å². The van der Waals surface area contributed by atoms with Gasteiger partial charge in [0.15, 0.2) is 0 Å². The number of para-hydroxylation sites is 2. The minimum absolute atomic E-state index is 0.737. The van der Waals surface area contributed by atoms with E-state index in [9.17, 15) is 0 Å². The van der Waals surface area contributed by atoms with Crippen molar-refractivity contribution >= 4 is 21.6 Å². The summed E-state index contributed by atoms with van der Waals surface area (Å²) in [5.74, 6) is 0.984. The van der Waals surface area contributed by atoms with E-state index in [-0.39, 0.29) is 0 Å². The van der Waals surface area contributed by atoms with Gasteiger partial charge in [0.05, 0.1) is 12.8 Å². The zero-order chi connectivity index (χ0) is 19.3. The van der Waals surface area contributed by atoms with E-state index in [1.165, 1.54) is 37.2 Å². The molecule has 0 radical (unpaired) electrons. The Morgan fingerprint density at radius 1 is 0.893 bits per heavy atom. The molecule has 2 heterocycles. The van der Waals surface area contributed by atoms with E-state index in [1.54, 1.807) is 7.11 Å². The fourth-order valence-electron chi connectivity index (χ4n) is 4.51. The van der Waals surface area contributed by atoms with Gasteiger partial charge in [0.25, 0.3) is 0 Å². The molecular weight excluding hydrogens is 414 g/mol. The molecule has 0 unspecified atom stereocenters. The summed E-state index contributed by atoms with van der Waals surface area (Å²) in [6, 6.07) is 17.9. The average molecular weight is 444 g/mol. The number of anilines is 1. The van der Waals surface area contributed by atoms with Gasteiger partial charge in [-0.25, -0.2) is 0 Å². The molecule has 0 spiro atoms. The second-order valence-corrected chi connectivity index (χ2v) is 8.74. The Hall–Kier alpha value is -1.56. The molecule has 28 heavy (non-hydrogen) atoms. The minimum atomic E-state index is 0.737. The highest BCUT2D eigenvalue weighted by atomic mass is 79.9. The van der Waals surface area contributed by atoms with Crippen LogP contribution in [0.3, 0.4) is 0 Å². The third-order valence-electron chi connectivity index (χ3n) is 6.13. The number of hydrogen-bond acceptors (Lipinski definition) is 4. The van der Waals surface area contributed by atoms with Gasteiger partial charge in [0, 0.05) is 43.2 Å². The Labute approximate surface area is 177 Å². The topological polar surface area (TPSA) is 19.0 Å². The first kappa shape index (κ1) is 19.7. The van der Waals surface area contributed by atoms with Crippen molar-refractivity contribution in [2.24, 2.45) is 0 Å². The number of likely N-dealkylation sites (tertiary alicyclic amines) is 1. The van der Waals surface area contributed by atoms with E-state index < -0.39 is 0 Å². The highest BCUT2D eigenvalue weighted by Crippen LogP contribution is 2.29. The van der Waals surface area contributed by atoms with Crippen LogP contribution in [0.25, 0.3) is 0 Å². The maximum Gasteiger partial charge on any atom is 0.142 e. The lowest BCUT2D eigenvalue weighted by Gasteiger charge is -2.43. The first-order valence-electron chi connectivity index (χ1n) is 10.3. The normalized spacial score (nSPS) is 19.7. The monoisotopic (exact) mass is 443 g/mol. The molecule has 150 valence electrons.